The fraction of sp³-hybridized carbons (Fsp3) is 0.889. The molecule has 2 aliphatic rings. The zero-order chi connectivity index (χ0) is 10.3. The average Bonchev–Trinajstić information content (AvgIpc) is 2.57. The Labute approximate surface area is 82.3 Å². The summed E-state index contributed by atoms with van der Waals surface area (Å²) >= 11 is 0. The molecule has 0 spiro atoms. The number of hydrogen-bond acceptors (Lipinski definition) is 5. The molecule has 0 aromatic rings. The first-order valence-electron chi connectivity index (χ1n) is 4.56. The Morgan fingerprint density at radius 1 is 1.29 bits per heavy atom. The van der Waals surface area contributed by atoms with Crippen molar-refractivity contribution in [3.8, 4) is 0 Å². The van der Waals surface area contributed by atoms with Gasteiger partial charge in [0.25, 0.3) is 0 Å². The minimum absolute atomic E-state index is 0.315. The van der Waals surface area contributed by atoms with Crippen LogP contribution in [0.5, 0.6) is 0 Å². The molecule has 0 aromatic heterocycles. The third-order valence-electron chi connectivity index (χ3n) is 2.41. The second kappa shape index (κ2) is 3.27. The number of carbonyl (C=O) groups excluding carboxylic acids is 1. The van der Waals surface area contributed by atoms with Crippen molar-refractivity contribution in [2.75, 3.05) is 7.11 Å². The lowest BCUT2D eigenvalue weighted by molar-refractivity contribution is -0.223. The number of carbonyl (C=O) groups is 1. The molecule has 4 atom stereocenters. The van der Waals surface area contributed by atoms with E-state index >= 15 is 0 Å². The third kappa shape index (κ3) is 1.46. The van der Waals surface area contributed by atoms with Gasteiger partial charge in [-0.3, -0.25) is 0 Å². The highest BCUT2D eigenvalue weighted by molar-refractivity contribution is 5.58. The maximum absolute atomic E-state index is 10.7. The Morgan fingerprint density at radius 2 is 1.93 bits per heavy atom. The summed E-state index contributed by atoms with van der Waals surface area (Å²) in [5.41, 5.74) is 0. The third-order valence-corrected chi connectivity index (χ3v) is 2.41. The van der Waals surface area contributed by atoms with Gasteiger partial charge in [0.15, 0.2) is 18.4 Å². The van der Waals surface area contributed by atoms with Gasteiger partial charge < -0.3 is 23.7 Å². The SMILES string of the molecule is COC1O[C@H](C=O)[C@H]2OC(C)(C)O[C@@H]12. The molecular formula is C9H14O5. The lowest BCUT2D eigenvalue weighted by atomic mass is 10.1. The van der Waals surface area contributed by atoms with Crippen LogP contribution in [0.2, 0.25) is 0 Å². The van der Waals surface area contributed by atoms with Crippen molar-refractivity contribution in [3.05, 3.63) is 0 Å². The van der Waals surface area contributed by atoms with E-state index in [1.54, 1.807) is 13.8 Å². The van der Waals surface area contributed by atoms with E-state index in [4.69, 9.17) is 18.9 Å². The number of aldehydes is 1. The molecule has 2 saturated heterocycles. The fourth-order valence-electron chi connectivity index (χ4n) is 1.89. The van der Waals surface area contributed by atoms with E-state index in [1.807, 2.05) is 0 Å². The number of rotatable bonds is 2. The Hall–Kier alpha value is -0.490. The van der Waals surface area contributed by atoms with Gasteiger partial charge in [0.1, 0.15) is 18.3 Å². The first-order chi connectivity index (χ1) is 6.57. The van der Waals surface area contributed by atoms with Crippen molar-refractivity contribution in [2.45, 2.75) is 44.2 Å². The highest BCUT2D eigenvalue weighted by atomic mass is 16.8. The second-order valence-electron chi connectivity index (χ2n) is 3.91. The average molecular weight is 202 g/mol. The Morgan fingerprint density at radius 3 is 2.50 bits per heavy atom. The minimum atomic E-state index is -0.669. The van der Waals surface area contributed by atoms with E-state index in [1.165, 1.54) is 7.11 Å². The van der Waals surface area contributed by atoms with Gasteiger partial charge in [0, 0.05) is 7.11 Å². The van der Waals surface area contributed by atoms with Gasteiger partial charge in [0.05, 0.1) is 0 Å². The Balaban J connectivity index is 2.16. The van der Waals surface area contributed by atoms with Gasteiger partial charge in [-0.2, -0.15) is 0 Å². The molecule has 2 heterocycles. The Kier molecular flexibility index (Phi) is 2.35. The van der Waals surface area contributed by atoms with Crippen LogP contribution in [0.4, 0.5) is 0 Å². The molecule has 0 aliphatic carbocycles. The van der Waals surface area contributed by atoms with Gasteiger partial charge in [-0.1, -0.05) is 0 Å². The zero-order valence-electron chi connectivity index (χ0n) is 8.43. The van der Waals surface area contributed by atoms with Crippen LogP contribution >= 0.6 is 0 Å². The standard InChI is InChI=1S/C9H14O5/c1-9(2)13-6-5(4-10)12-8(11-3)7(6)14-9/h4-8H,1-3H3/t5-,6-,7-,8?/m1/s1. The molecule has 14 heavy (non-hydrogen) atoms. The van der Waals surface area contributed by atoms with Crippen LogP contribution < -0.4 is 0 Å². The Bertz CT molecular complexity index is 239. The molecule has 5 nitrogen and oxygen atoms in total. The molecule has 2 aliphatic heterocycles. The van der Waals surface area contributed by atoms with Gasteiger partial charge >= 0.3 is 0 Å². The molecule has 80 valence electrons. The van der Waals surface area contributed by atoms with Gasteiger partial charge in [-0.15, -0.1) is 0 Å². The fourth-order valence-corrected chi connectivity index (χ4v) is 1.89. The van der Waals surface area contributed by atoms with E-state index in [0.29, 0.717) is 0 Å². The second-order valence-corrected chi connectivity index (χ2v) is 3.91. The molecule has 5 heteroatoms. The van der Waals surface area contributed by atoms with E-state index in [0.717, 1.165) is 6.29 Å². The molecule has 0 amide bonds. The van der Waals surface area contributed by atoms with Crippen LogP contribution in [0.1, 0.15) is 13.8 Å². The summed E-state index contributed by atoms with van der Waals surface area (Å²) in [5, 5.41) is 0. The highest BCUT2D eigenvalue weighted by Crippen LogP contribution is 2.38. The zero-order valence-corrected chi connectivity index (χ0v) is 8.43. The van der Waals surface area contributed by atoms with E-state index in [9.17, 15) is 4.79 Å². The van der Waals surface area contributed by atoms with Crippen LogP contribution in [-0.2, 0) is 23.7 Å². The van der Waals surface area contributed by atoms with Crippen molar-refractivity contribution in [1.29, 1.82) is 0 Å². The van der Waals surface area contributed by atoms with Crippen molar-refractivity contribution in [1.82, 2.24) is 0 Å². The predicted octanol–water partition coefficient (Wildman–Crippen LogP) is 0.0767. The summed E-state index contributed by atoms with van der Waals surface area (Å²) in [6.07, 6.45) is -1.05. The summed E-state index contributed by atoms with van der Waals surface area (Å²) in [6, 6.07) is 0. The smallest absolute Gasteiger partial charge is 0.187 e. The first-order valence-corrected chi connectivity index (χ1v) is 4.56. The quantitative estimate of drug-likeness (QED) is 0.593. The summed E-state index contributed by atoms with van der Waals surface area (Å²) in [7, 11) is 1.52. The summed E-state index contributed by atoms with van der Waals surface area (Å²) in [5.74, 6) is -0.669. The van der Waals surface area contributed by atoms with Crippen molar-refractivity contribution < 1.29 is 23.7 Å². The summed E-state index contributed by atoms with van der Waals surface area (Å²) in [4.78, 5) is 10.7. The highest BCUT2D eigenvalue weighted by Gasteiger charge is 2.55. The molecule has 2 fully saturated rings. The first kappa shape index (κ1) is 10.0. The number of fused-ring (bicyclic) bond motifs is 1. The van der Waals surface area contributed by atoms with E-state index < -0.39 is 18.2 Å². The van der Waals surface area contributed by atoms with Crippen molar-refractivity contribution in [3.63, 3.8) is 0 Å². The molecule has 0 bridgehead atoms. The van der Waals surface area contributed by atoms with Gasteiger partial charge in [-0.25, -0.2) is 0 Å². The molecule has 0 saturated carbocycles. The van der Waals surface area contributed by atoms with Crippen LogP contribution in [0.25, 0.3) is 0 Å². The van der Waals surface area contributed by atoms with Crippen LogP contribution in [-0.4, -0.2) is 43.8 Å². The van der Waals surface area contributed by atoms with Gasteiger partial charge in [-0.05, 0) is 13.8 Å². The van der Waals surface area contributed by atoms with Crippen molar-refractivity contribution in [2.24, 2.45) is 0 Å². The molecule has 0 N–H and O–H groups in total. The largest absolute Gasteiger partial charge is 0.353 e. The van der Waals surface area contributed by atoms with Crippen molar-refractivity contribution >= 4 is 6.29 Å². The van der Waals surface area contributed by atoms with Gasteiger partial charge in [0.2, 0.25) is 0 Å². The maximum atomic E-state index is 10.7. The minimum Gasteiger partial charge on any atom is -0.353 e. The lowest BCUT2D eigenvalue weighted by Gasteiger charge is -2.21. The lowest BCUT2D eigenvalue weighted by Crippen LogP contribution is -2.30. The summed E-state index contributed by atoms with van der Waals surface area (Å²) in [6.45, 7) is 3.61. The molecular weight excluding hydrogens is 188 g/mol. The van der Waals surface area contributed by atoms with E-state index in [-0.39, 0.29) is 12.2 Å². The monoisotopic (exact) mass is 202 g/mol. The molecule has 0 aromatic carbocycles. The van der Waals surface area contributed by atoms with Crippen LogP contribution in [0.3, 0.4) is 0 Å². The maximum Gasteiger partial charge on any atom is 0.187 e. The number of hydrogen-bond donors (Lipinski definition) is 0. The number of ether oxygens (including phenoxy) is 4. The summed E-state index contributed by atoms with van der Waals surface area (Å²) < 4.78 is 21.5. The number of methoxy groups -OCH3 is 1. The topological polar surface area (TPSA) is 54.0 Å². The van der Waals surface area contributed by atoms with Crippen LogP contribution in [0, 0.1) is 0 Å². The predicted molar refractivity (Wildman–Crippen MR) is 45.6 cm³/mol. The molecule has 0 radical (unpaired) electrons. The molecule has 1 unspecified atom stereocenters. The molecule has 2 rings (SSSR count). The van der Waals surface area contributed by atoms with E-state index in [2.05, 4.69) is 0 Å². The van der Waals surface area contributed by atoms with Crippen LogP contribution in [0.15, 0.2) is 0 Å². The normalized spacial score (nSPS) is 45.1.